The van der Waals surface area contributed by atoms with Gasteiger partial charge in [-0.1, -0.05) is 25.4 Å². The van der Waals surface area contributed by atoms with Crippen LogP contribution >= 0.6 is 11.6 Å². The third-order valence-electron chi connectivity index (χ3n) is 2.45. The summed E-state index contributed by atoms with van der Waals surface area (Å²) in [5.74, 6) is 0.663. The lowest BCUT2D eigenvalue weighted by Gasteiger charge is -2.16. The highest BCUT2D eigenvalue weighted by molar-refractivity contribution is 6.32. The van der Waals surface area contributed by atoms with Crippen LogP contribution in [0.3, 0.4) is 0 Å². The van der Waals surface area contributed by atoms with Crippen molar-refractivity contribution in [2.24, 2.45) is 5.73 Å². The lowest BCUT2D eigenvalue weighted by Crippen LogP contribution is -2.15. The van der Waals surface area contributed by atoms with Gasteiger partial charge >= 0.3 is 0 Å². The lowest BCUT2D eigenvalue weighted by molar-refractivity contribution is 0.193. The van der Waals surface area contributed by atoms with Crippen LogP contribution in [0.25, 0.3) is 0 Å². The number of hydrogen-bond donors (Lipinski definition) is 2. The average molecular weight is 241 g/mol. The summed E-state index contributed by atoms with van der Waals surface area (Å²) in [6.45, 7) is 4.15. The minimum absolute atomic E-state index is 0.0102. The van der Waals surface area contributed by atoms with E-state index >= 15 is 0 Å². The van der Waals surface area contributed by atoms with Crippen LogP contribution in [0.4, 0.5) is 0 Å². The van der Waals surface area contributed by atoms with Crippen molar-refractivity contribution in [2.45, 2.75) is 32.8 Å². The Balaban J connectivity index is 2.86. The van der Waals surface area contributed by atoms with E-state index in [0.717, 1.165) is 12.8 Å². The summed E-state index contributed by atoms with van der Waals surface area (Å²) in [7, 11) is 0. The van der Waals surface area contributed by atoms with Crippen molar-refractivity contribution >= 4 is 17.4 Å². The van der Waals surface area contributed by atoms with E-state index in [0.29, 0.717) is 16.3 Å². The van der Waals surface area contributed by atoms with E-state index in [1.54, 1.807) is 18.2 Å². The Morgan fingerprint density at radius 1 is 1.44 bits per heavy atom. The molecular formula is C12H17ClN2O. The zero-order valence-electron chi connectivity index (χ0n) is 9.59. The molecule has 3 N–H and O–H groups in total. The van der Waals surface area contributed by atoms with E-state index in [-0.39, 0.29) is 11.9 Å². The molecule has 0 aliphatic carbocycles. The number of benzene rings is 1. The Kier molecular flexibility index (Phi) is 4.62. The molecule has 0 bridgehead atoms. The van der Waals surface area contributed by atoms with Crippen LogP contribution in [0, 0.1) is 5.41 Å². The predicted octanol–water partition coefficient (Wildman–Crippen LogP) is 3.19. The van der Waals surface area contributed by atoms with Gasteiger partial charge in [-0.15, -0.1) is 0 Å². The number of amidine groups is 1. The average Bonchev–Trinajstić information content (AvgIpc) is 2.27. The first-order chi connectivity index (χ1) is 7.58. The molecule has 0 saturated heterocycles. The van der Waals surface area contributed by atoms with Gasteiger partial charge in [-0.3, -0.25) is 5.41 Å². The molecule has 0 aromatic heterocycles. The normalized spacial score (nSPS) is 10.5. The number of halogens is 1. The van der Waals surface area contributed by atoms with Crippen molar-refractivity contribution in [2.75, 3.05) is 0 Å². The van der Waals surface area contributed by atoms with Crippen LogP contribution in [-0.2, 0) is 0 Å². The van der Waals surface area contributed by atoms with E-state index < -0.39 is 0 Å². The molecule has 0 atom stereocenters. The van der Waals surface area contributed by atoms with Crippen molar-refractivity contribution in [3.05, 3.63) is 28.8 Å². The van der Waals surface area contributed by atoms with Crippen molar-refractivity contribution in [3.63, 3.8) is 0 Å². The molecule has 0 aliphatic heterocycles. The first-order valence-corrected chi connectivity index (χ1v) is 5.76. The molecule has 0 aliphatic rings. The molecule has 1 aromatic carbocycles. The molecule has 16 heavy (non-hydrogen) atoms. The summed E-state index contributed by atoms with van der Waals surface area (Å²) in [6, 6.07) is 5.16. The summed E-state index contributed by atoms with van der Waals surface area (Å²) >= 11 is 6.05. The number of nitrogens with one attached hydrogen (secondary N) is 1. The summed E-state index contributed by atoms with van der Waals surface area (Å²) in [6.07, 6.45) is 2.07. The van der Waals surface area contributed by atoms with Crippen LogP contribution in [-0.4, -0.2) is 11.9 Å². The standard InChI is InChI=1S/C12H17ClN2O/c1-3-9(4-2)16-11-6-5-8(12(14)15)7-10(11)13/h5-7,9H,3-4H2,1-2H3,(H3,14,15). The second-order valence-corrected chi connectivity index (χ2v) is 4.02. The fraction of sp³-hybridized carbons (Fsp3) is 0.417. The maximum Gasteiger partial charge on any atom is 0.138 e. The van der Waals surface area contributed by atoms with Crippen LogP contribution in [0.1, 0.15) is 32.3 Å². The summed E-state index contributed by atoms with van der Waals surface area (Å²) < 4.78 is 5.74. The topological polar surface area (TPSA) is 59.1 Å². The molecule has 0 fully saturated rings. The van der Waals surface area contributed by atoms with Crippen LogP contribution in [0.15, 0.2) is 18.2 Å². The SMILES string of the molecule is CCC(CC)Oc1ccc(C(=N)N)cc1Cl. The van der Waals surface area contributed by atoms with Crippen LogP contribution < -0.4 is 10.5 Å². The number of hydrogen-bond acceptors (Lipinski definition) is 2. The van der Waals surface area contributed by atoms with Gasteiger partial charge in [-0.2, -0.15) is 0 Å². The quantitative estimate of drug-likeness (QED) is 0.613. The van der Waals surface area contributed by atoms with Crippen LogP contribution in [0.5, 0.6) is 5.75 Å². The summed E-state index contributed by atoms with van der Waals surface area (Å²) in [4.78, 5) is 0. The van der Waals surface area contributed by atoms with E-state index in [4.69, 9.17) is 27.5 Å². The van der Waals surface area contributed by atoms with Gasteiger partial charge in [0.05, 0.1) is 11.1 Å². The molecule has 1 aromatic rings. The van der Waals surface area contributed by atoms with Gasteiger partial charge in [0.15, 0.2) is 0 Å². The molecule has 3 nitrogen and oxygen atoms in total. The molecule has 0 unspecified atom stereocenters. The Hall–Kier alpha value is -1.22. The van der Waals surface area contributed by atoms with E-state index in [1.165, 1.54) is 0 Å². The minimum Gasteiger partial charge on any atom is -0.489 e. The number of nitrogen functional groups attached to an aromatic ring is 1. The molecule has 0 spiro atoms. The zero-order chi connectivity index (χ0) is 12.1. The molecule has 0 amide bonds. The molecular weight excluding hydrogens is 224 g/mol. The first kappa shape index (κ1) is 12.8. The summed E-state index contributed by atoms with van der Waals surface area (Å²) in [5.41, 5.74) is 5.98. The first-order valence-electron chi connectivity index (χ1n) is 5.39. The van der Waals surface area contributed by atoms with Gasteiger partial charge in [-0.25, -0.2) is 0 Å². The third-order valence-corrected chi connectivity index (χ3v) is 2.74. The Bertz CT molecular complexity index is 375. The van der Waals surface area contributed by atoms with Gasteiger partial charge in [0.1, 0.15) is 11.6 Å². The van der Waals surface area contributed by atoms with E-state index in [2.05, 4.69) is 13.8 Å². The number of nitrogens with two attached hydrogens (primary N) is 1. The Morgan fingerprint density at radius 2 is 2.06 bits per heavy atom. The van der Waals surface area contributed by atoms with Crippen molar-refractivity contribution < 1.29 is 4.74 Å². The smallest absolute Gasteiger partial charge is 0.138 e. The highest BCUT2D eigenvalue weighted by Crippen LogP contribution is 2.27. The maximum absolute atomic E-state index is 7.29. The maximum atomic E-state index is 7.29. The van der Waals surface area contributed by atoms with Gasteiger partial charge in [-0.05, 0) is 31.0 Å². The number of ether oxygens (including phenoxy) is 1. The molecule has 0 radical (unpaired) electrons. The largest absolute Gasteiger partial charge is 0.489 e. The second-order valence-electron chi connectivity index (χ2n) is 3.62. The van der Waals surface area contributed by atoms with Crippen molar-refractivity contribution in [1.82, 2.24) is 0 Å². The highest BCUT2D eigenvalue weighted by atomic mass is 35.5. The third kappa shape index (κ3) is 3.14. The van der Waals surface area contributed by atoms with E-state index in [9.17, 15) is 0 Å². The summed E-state index contributed by atoms with van der Waals surface area (Å²) in [5, 5.41) is 7.79. The molecule has 1 rings (SSSR count). The van der Waals surface area contributed by atoms with Gasteiger partial charge < -0.3 is 10.5 Å². The molecule has 4 heteroatoms. The fourth-order valence-electron chi connectivity index (χ4n) is 1.40. The van der Waals surface area contributed by atoms with Gasteiger partial charge in [0.2, 0.25) is 0 Å². The molecule has 88 valence electrons. The van der Waals surface area contributed by atoms with Gasteiger partial charge in [0.25, 0.3) is 0 Å². The minimum atomic E-state index is 0.0102. The monoisotopic (exact) mass is 240 g/mol. The van der Waals surface area contributed by atoms with Gasteiger partial charge in [0, 0.05) is 5.56 Å². The van der Waals surface area contributed by atoms with Crippen molar-refractivity contribution in [3.8, 4) is 5.75 Å². The molecule has 0 saturated carbocycles. The predicted molar refractivity (Wildman–Crippen MR) is 67.5 cm³/mol. The van der Waals surface area contributed by atoms with Crippen molar-refractivity contribution in [1.29, 1.82) is 5.41 Å². The zero-order valence-corrected chi connectivity index (χ0v) is 10.3. The number of rotatable bonds is 5. The lowest BCUT2D eigenvalue weighted by atomic mass is 10.2. The van der Waals surface area contributed by atoms with Crippen LogP contribution in [0.2, 0.25) is 5.02 Å². The highest BCUT2D eigenvalue weighted by Gasteiger charge is 2.09. The van der Waals surface area contributed by atoms with E-state index in [1.807, 2.05) is 0 Å². The second kappa shape index (κ2) is 5.75. The Labute approximate surface area is 101 Å². The molecule has 0 heterocycles. The Morgan fingerprint density at radius 3 is 2.50 bits per heavy atom. The fourth-order valence-corrected chi connectivity index (χ4v) is 1.62.